The van der Waals surface area contributed by atoms with Crippen molar-refractivity contribution in [3.63, 3.8) is 0 Å². The lowest BCUT2D eigenvalue weighted by Crippen LogP contribution is -2.32. The first-order chi connectivity index (χ1) is 21.5. The number of anilines is 1. The van der Waals surface area contributed by atoms with Gasteiger partial charge in [-0.15, -0.1) is 18.3 Å². The summed E-state index contributed by atoms with van der Waals surface area (Å²) in [4.78, 5) is 35.4. The minimum Gasteiger partial charge on any atom is -0.406 e. The summed E-state index contributed by atoms with van der Waals surface area (Å²) in [6.07, 6.45) is -1.87. The molecule has 1 saturated heterocycles. The van der Waals surface area contributed by atoms with E-state index >= 15 is 0 Å². The summed E-state index contributed by atoms with van der Waals surface area (Å²) in [6, 6.07) is 18.4. The molecule has 0 unspecified atom stereocenters. The Morgan fingerprint density at radius 2 is 1.84 bits per heavy atom. The van der Waals surface area contributed by atoms with Gasteiger partial charge in [0.15, 0.2) is 11.0 Å². The summed E-state index contributed by atoms with van der Waals surface area (Å²) in [5.41, 5.74) is 4.15. The largest absolute Gasteiger partial charge is 0.573 e. The lowest BCUT2D eigenvalue weighted by molar-refractivity contribution is -0.274. The van der Waals surface area contributed by atoms with E-state index < -0.39 is 12.4 Å². The van der Waals surface area contributed by atoms with E-state index in [2.05, 4.69) is 61.6 Å². The molecule has 9 nitrogen and oxygen atoms in total. The lowest BCUT2D eigenvalue weighted by Gasteiger charge is -2.21. The molecule has 234 valence electrons. The Morgan fingerprint density at radius 3 is 2.53 bits per heavy atom. The van der Waals surface area contributed by atoms with E-state index in [4.69, 9.17) is 0 Å². The number of nitrogens with zero attached hydrogens (tertiary/aromatic N) is 5. The smallest absolute Gasteiger partial charge is 0.406 e. The minimum absolute atomic E-state index is 0.103. The van der Waals surface area contributed by atoms with E-state index in [0.717, 1.165) is 25.9 Å². The highest BCUT2D eigenvalue weighted by molar-refractivity contribution is 14.1. The van der Waals surface area contributed by atoms with Crippen LogP contribution in [0.15, 0.2) is 78.0 Å². The maximum atomic E-state index is 12.7. The number of amidine groups is 1. The molecule has 3 aromatic carbocycles. The van der Waals surface area contributed by atoms with Gasteiger partial charge in [-0.3, -0.25) is 9.69 Å². The molecular formula is C31H28F3IN6O3S. The summed E-state index contributed by atoms with van der Waals surface area (Å²) in [5.74, 6) is 0.473. The second-order valence-corrected chi connectivity index (χ2v) is 12.5. The van der Waals surface area contributed by atoms with Gasteiger partial charge in [-0.1, -0.05) is 49.9 Å². The Hall–Kier alpha value is -3.92. The average molecular weight is 749 g/mol. The summed E-state index contributed by atoms with van der Waals surface area (Å²) < 4.78 is 43.6. The number of thioether (sulfide) groups is 1. The number of hydrogen-bond donors (Lipinski definition) is 1. The summed E-state index contributed by atoms with van der Waals surface area (Å²) >= 11 is 3.50. The highest BCUT2D eigenvalue weighted by atomic mass is 127. The van der Waals surface area contributed by atoms with E-state index in [1.54, 1.807) is 4.90 Å². The van der Waals surface area contributed by atoms with Gasteiger partial charge < -0.3 is 10.1 Å². The fraction of sp³-hybridized carbons (Fsp3) is 0.258. The van der Waals surface area contributed by atoms with Crippen LogP contribution in [0.1, 0.15) is 37.3 Å². The van der Waals surface area contributed by atoms with E-state index in [1.807, 2.05) is 42.5 Å². The molecule has 1 fully saturated rings. The van der Waals surface area contributed by atoms with Crippen molar-refractivity contribution in [1.29, 1.82) is 0 Å². The SMILES string of the molecule is CC(C)c1cc(I)ccc1N1C(=O)CSC1=NC(=O)NCCCc1ccc(-c2ncn(-c3ccc(OC(F)(F)F)cc3)n2)cc1. The maximum absolute atomic E-state index is 12.7. The number of aryl methyl sites for hydroxylation is 1. The van der Waals surface area contributed by atoms with Crippen LogP contribution in [-0.4, -0.2) is 50.5 Å². The van der Waals surface area contributed by atoms with E-state index in [9.17, 15) is 22.8 Å². The van der Waals surface area contributed by atoms with Gasteiger partial charge >= 0.3 is 12.4 Å². The molecule has 0 bridgehead atoms. The second-order valence-electron chi connectivity index (χ2n) is 10.4. The molecule has 1 N–H and O–H groups in total. The molecule has 5 rings (SSSR count). The van der Waals surface area contributed by atoms with Crippen molar-refractivity contribution in [2.75, 3.05) is 17.2 Å². The van der Waals surface area contributed by atoms with Crippen LogP contribution >= 0.6 is 34.4 Å². The van der Waals surface area contributed by atoms with Crippen LogP contribution in [0.4, 0.5) is 23.7 Å². The Morgan fingerprint density at radius 1 is 1.11 bits per heavy atom. The minimum atomic E-state index is -4.75. The van der Waals surface area contributed by atoms with Crippen molar-refractivity contribution in [2.24, 2.45) is 4.99 Å². The number of halogens is 4. The number of carbonyl (C=O) groups is 2. The summed E-state index contributed by atoms with van der Waals surface area (Å²) in [5, 5.41) is 7.62. The Balaban J connectivity index is 1.13. The number of nitrogens with one attached hydrogen (secondary N) is 1. The van der Waals surface area contributed by atoms with Crippen LogP contribution in [-0.2, 0) is 11.2 Å². The Kier molecular flexibility index (Phi) is 10.1. The molecule has 2 heterocycles. The van der Waals surface area contributed by atoms with Crippen molar-refractivity contribution < 1.29 is 27.5 Å². The number of amides is 3. The van der Waals surface area contributed by atoms with Crippen LogP contribution < -0.4 is 15.0 Å². The maximum Gasteiger partial charge on any atom is 0.573 e. The first kappa shape index (κ1) is 32.5. The zero-order chi connectivity index (χ0) is 32.1. The molecule has 0 radical (unpaired) electrons. The first-order valence-corrected chi connectivity index (χ1v) is 16.0. The molecule has 0 spiro atoms. The third-order valence-corrected chi connectivity index (χ3v) is 8.37. The molecule has 45 heavy (non-hydrogen) atoms. The van der Waals surface area contributed by atoms with E-state index in [-0.39, 0.29) is 23.3 Å². The third kappa shape index (κ3) is 8.42. The summed E-state index contributed by atoms with van der Waals surface area (Å²) in [7, 11) is 0. The van der Waals surface area contributed by atoms with Gasteiger partial charge in [-0.2, -0.15) is 4.99 Å². The number of urea groups is 1. The second kappa shape index (κ2) is 14.0. The van der Waals surface area contributed by atoms with Crippen LogP contribution in [0, 0.1) is 3.57 Å². The topological polar surface area (TPSA) is 102 Å². The molecule has 1 aliphatic heterocycles. The van der Waals surface area contributed by atoms with Crippen molar-refractivity contribution in [3.8, 4) is 22.8 Å². The molecule has 0 aliphatic carbocycles. The molecule has 14 heteroatoms. The quantitative estimate of drug-likeness (QED) is 0.142. The van der Waals surface area contributed by atoms with Gasteiger partial charge in [0, 0.05) is 15.7 Å². The van der Waals surface area contributed by atoms with Gasteiger partial charge in [-0.05, 0) is 94.9 Å². The van der Waals surface area contributed by atoms with E-state index in [0.29, 0.717) is 36.1 Å². The fourth-order valence-corrected chi connectivity index (χ4v) is 6.00. The van der Waals surface area contributed by atoms with Gasteiger partial charge in [0.25, 0.3) is 0 Å². The van der Waals surface area contributed by atoms with Crippen molar-refractivity contribution in [3.05, 3.63) is 87.8 Å². The predicted octanol–water partition coefficient (Wildman–Crippen LogP) is 7.34. The number of ether oxygens (including phenoxy) is 1. The highest BCUT2D eigenvalue weighted by Crippen LogP contribution is 2.34. The molecular weight excluding hydrogens is 720 g/mol. The fourth-order valence-electron chi connectivity index (χ4n) is 4.63. The van der Waals surface area contributed by atoms with Gasteiger partial charge in [0.05, 0.1) is 17.1 Å². The van der Waals surface area contributed by atoms with Crippen molar-refractivity contribution >= 4 is 57.1 Å². The standard InChI is InChI=1S/C31H28F3IN6O3S/c1-19(2)25-16-22(35)9-14-26(25)41-27(42)17-45-30(41)38-29(43)36-15-3-4-20-5-7-21(8-6-20)28-37-18-40(39-28)23-10-12-24(13-11-23)44-31(32,33)34/h5-14,16,18-19H,3-4,15,17H2,1-2H3,(H,36,43). The van der Waals surface area contributed by atoms with Crippen LogP contribution in [0.3, 0.4) is 0 Å². The monoisotopic (exact) mass is 748 g/mol. The molecule has 1 aliphatic rings. The first-order valence-electron chi connectivity index (χ1n) is 14.0. The highest BCUT2D eigenvalue weighted by Gasteiger charge is 2.33. The van der Waals surface area contributed by atoms with Gasteiger partial charge in [0.1, 0.15) is 12.1 Å². The number of carbonyl (C=O) groups excluding carboxylic acids is 2. The van der Waals surface area contributed by atoms with Crippen molar-refractivity contribution in [1.82, 2.24) is 20.1 Å². The van der Waals surface area contributed by atoms with Gasteiger partial charge in [0.2, 0.25) is 5.91 Å². The lowest BCUT2D eigenvalue weighted by atomic mass is 10.0. The number of alkyl halides is 3. The molecule has 1 aromatic heterocycles. The number of benzene rings is 3. The molecule has 0 saturated carbocycles. The molecule has 3 amide bonds. The third-order valence-electron chi connectivity index (χ3n) is 6.77. The number of aliphatic imine (C=N–C) groups is 1. The Bertz CT molecular complexity index is 1710. The summed E-state index contributed by atoms with van der Waals surface area (Å²) in [6.45, 7) is 4.54. The number of hydrogen-bond acceptors (Lipinski definition) is 6. The van der Waals surface area contributed by atoms with Crippen LogP contribution in [0.2, 0.25) is 0 Å². The molecule has 4 aromatic rings. The van der Waals surface area contributed by atoms with Crippen LogP contribution in [0.25, 0.3) is 17.1 Å². The predicted molar refractivity (Wildman–Crippen MR) is 176 cm³/mol. The Labute approximate surface area is 275 Å². The zero-order valence-electron chi connectivity index (χ0n) is 24.2. The average Bonchev–Trinajstić information content (AvgIpc) is 3.62. The number of rotatable bonds is 9. The normalized spacial score (nSPS) is 14.4. The molecule has 0 atom stereocenters. The van der Waals surface area contributed by atoms with E-state index in [1.165, 1.54) is 47.0 Å². The van der Waals surface area contributed by atoms with Crippen molar-refractivity contribution in [2.45, 2.75) is 39.0 Å². The zero-order valence-corrected chi connectivity index (χ0v) is 27.2. The van der Waals surface area contributed by atoms with Gasteiger partial charge in [-0.25, -0.2) is 14.5 Å². The van der Waals surface area contributed by atoms with Crippen LogP contribution in [0.5, 0.6) is 5.75 Å². The number of aromatic nitrogens is 3.